The van der Waals surface area contributed by atoms with E-state index in [1.54, 1.807) is 0 Å². The molecular formula is C30H19ClN2. The van der Waals surface area contributed by atoms with Gasteiger partial charge in [0.05, 0.1) is 22.1 Å². The van der Waals surface area contributed by atoms with Crippen LogP contribution < -0.4 is 0 Å². The molecule has 0 aliphatic carbocycles. The van der Waals surface area contributed by atoms with Crippen molar-refractivity contribution in [3.05, 3.63) is 120 Å². The van der Waals surface area contributed by atoms with Crippen molar-refractivity contribution < 1.29 is 0 Å². The SMILES string of the molecule is Clc1ccc2c3c4c5ccccc5n(-c5ccccc5)c4ccc3n(-c3ccccc3)c2c1. The van der Waals surface area contributed by atoms with E-state index in [4.69, 9.17) is 11.6 Å². The number of rotatable bonds is 2. The minimum Gasteiger partial charge on any atom is -0.309 e. The fourth-order valence-electron chi connectivity index (χ4n) is 5.25. The Morgan fingerprint density at radius 3 is 1.58 bits per heavy atom. The molecule has 2 aromatic heterocycles. The standard InChI is InChI=1S/C30H19ClN2/c31-20-15-16-24-28(19-20)33(22-11-5-2-6-12-22)27-18-17-26-29(30(24)27)23-13-7-8-14-25(23)32(26)21-9-3-1-4-10-21/h1-19H. The second-order valence-corrected chi connectivity index (χ2v) is 8.81. The molecule has 0 atom stereocenters. The number of hydrogen-bond acceptors (Lipinski definition) is 0. The highest BCUT2D eigenvalue weighted by Crippen LogP contribution is 2.42. The number of fused-ring (bicyclic) bond motifs is 7. The highest BCUT2D eigenvalue weighted by Gasteiger charge is 2.20. The van der Waals surface area contributed by atoms with Crippen molar-refractivity contribution >= 4 is 55.2 Å². The third-order valence-corrected chi connectivity index (χ3v) is 6.79. The van der Waals surface area contributed by atoms with E-state index in [2.05, 4.69) is 118 Å². The molecule has 0 unspecified atom stereocenters. The molecule has 3 heteroatoms. The first kappa shape index (κ1) is 18.6. The molecule has 0 aliphatic rings. The average Bonchev–Trinajstić information content (AvgIpc) is 3.37. The van der Waals surface area contributed by atoms with Gasteiger partial charge in [0.1, 0.15) is 0 Å². The fraction of sp³-hybridized carbons (Fsp3) is 0. The van der Waals surface area contributed by atoms with Gasteiger partial charge in [-0.2, -0.15) is 0 Å². The van der Waals surface area contributed by atoms with Crippen molar-refractivity contribution in [1.82, 2.24) is 9.13 Å². The smallest absolute Gasteiger partial charge is 0.0556 e. The zero-order valence-corrected chi connectivity index (χ0v) is 18.5. The van der Waals surface area contributed by atoms with Gasteiger partial charge in [-0.25, -0.2) is 0 Å². The molecule has 156 valence electrons. The predicted octanol–water partition coefficient (Wildman–Crippen LogP) is 8.53. The fourth-order valence-corrected chi connectivity index (χ4v) is 5.42. The molecule has 2 nitrogen and oxygen atoms in total. The quantitative estimate of drug-likeness (QED) is 0.254. The Hall–Kier alpha value is -4.01. The van der Waals surface area contributed by atoms with Gasteiger partial charge < -0.3 is 9.13 Å². The number of aromatic nitrogens is 2. The predicted molar refractivity (Wildman–Crippen MR) is 140 cm³/mol. The second kappa shape index (κ2) is 6.99. The molecule has 0 N–H and O–H groups in total. The Morgan fingerprint density at radius 2 is 0.939 bits per heavy atom. The summed E-state index contributed by atoms with van der Waals surface area (Å²) in [6.07, 6.45) is 0. The van der Waals surface area contributed by atoms with Crippen LogP contribution in [0, 0.1) is 0 Å². The van der Waals surface area contributed by atoms with Crippen molar-refractivity contribution in [3.8, 4) is 11.4 Å². The van der Waals surface area contributed by atoms with Gasteiger partial charge in [0.25, 0.3) is 0 Å². The van der Waals surface area contributed by atoms with E-state index in [0.29, 0.717) is 0 Å². The van der Waals surface area contributed by atoms with Crippen molar-refractivity contribution in [3.63, 3.8) is 0 Å². The summed E-state index contributed by atoms with van der Waals surface area (Å²) in [5, 5.41) is 5.73. The maximum absolute atomic E-state index is 6.49. The summed E-state index contributed by atoms with van der Waals surface area (Å²) in [6.45, 7) is 0. The largest absolute Gasteiger partial charge is 0.309 e. The Labute approximate surface area is 195 Å². The summed E-state index contributed by atoms with van der Waals surface area (Å²) in [7, 11) is 0. The monoisotopic (exact) mass is 442 g/mol. The Kier molecular flexibility index (Phi) is 3.93. The van der Waals surface area contributed by atoms with Gasteiger partial charge >= 0.3 is 0 Å². The Balaban J connectivity index is 1.74. The van der Waals surface area contributed by atoms with Gasteiger partial charge in [0.15, 0.2) is 0 Å². The molecular weight excluding hydrogens is 424 g/mol. The summed E-state index contributed by atoms with van der Waals surface area (Å²) in [4.78, 5) is 0. The van der Waals surface area contributed by atoms with Crippen LogP contribution in [0.25, 0.3) is 55.0 Å². The number of halogens is 1. The van der Waals surface area contributed by atoms with Gasteiger partial charge in [-0.15, -0.1) is 0 Å². The second-order valence-electron chi connectivity index (χ2n) is 8.37. The molecule has 2 heterocycles. The van der Waals surface area contributed by atoms with E-state index in [-0.39, 0.29) is 0 Å². The van der Waals surface area contributed by atoms with E-state index >= 15 is 0 Å². The molecule has 5 aromatic carbocycles. The van der Waals surface area contributed by atoms with Gasteiger partial charge in [-0.3, -0.25) is 0 Å². The molecule has 0 saturated heterocycles. The van der Waals surface area contributed by atoms with Crippen molar-refractivity contribution in [1.29, 1.82) is 0 Å². The maximum atomic E-state index is 6.49. The number of para-hydroxylation sites is 3. The minimum absolute atomic E-state index is 0.741. The van der Waals surface area contributed by atoms with Crippen molar-refractivity contribution in [2.45, 2.75) is 0 Å². The van der Waals surface area contributed by atoms with E-state index in [0.717, 1.165) is 21.9 Å². The van der Waals surface area contributed by atoms with Crippen LogP contribution in [-0.4, -0.2) is 9.13 Å². The lowest BCUT2D eigenvalue weighted by atomic mass is 10.1. The van der Waals surface area contributed by atoms with Gasteiger partial charge in [-0.1, -0.05) is 72.3 Å². The number of benzene rings is 5. The highest BCUT2D eigenvalue weighted by atomic mass is 35.5. The minimum atomic E-state index is 0.741. The zero-order valence-electron chi connectivity index (χ0n) is 17.7. The van der Waals surface area contributed by atoms with Crippen LogP contribution in [0.1, 0.15) is 0 Å². The molecule has 0 aliphatic heterocycles. The molecule has 33 heavy (non-hydrogen) atoms. The molecule has 7 rings (SSSR count). The molecule has 7 aromatic rings. The average molecular weight is 443 g/mol. The third kappa shape index (κ3) is 2.62. The van der Waals surface area contributed by atoms with Crippen LogP contribution in [0.15, 0.2) is 115 Å². The first-order valence-corrected chi connectivity index (χ1v) is 11.5. The summed E-state index contributed by atoms with van der Waals surface area (Å²) < 4.78 is 4.69. The number of nitrogens with zero attached hydrogens (tertiary/aromatic N) is 2. The van der Waals surface area contributed by atoms with Crippen LogP contribution in [0.4, 0.5) is 0 Å². The summed E-state index contributed by atoms with van der Waals surface area (Å²) in [5.41, 5.74) is 7.01. The van der Waals surface area contributed by atoms with Crippen LogP contribution in [-0.2, 0) is 0 Å². The van der Waals surface area contributed by atoms with E-state index in [1.807, 2.05) is 6.07 Å². The maximum Gasteiger partial charge on any atom is 0.0556 e. The van der Waals surface area contributed by atoms with Crippen LogP contribution >= 0.6 is 11.6 Å². The number of hydrogen-bond donors (Lipinski definition) is 0. The Bertz CT molecular complexity index is 1810. The van der Waals surface area contributed by atoms with E-state index in [9.17, 15) is 0 Å². The van der Waals surface area contributed by atoms with Gasteiger partial charge in [-0.05, 0) is 54.6 Å². The van der Waals surface area contributed by atoms with E-state index in [1.165, 1.54) is 38.1 Å². The summed E-state index contributed by atoms with van der Waals surface area (Å²) in [5.74, 6) is 0. The molecule has 0 amide bonds. The van der Waals surface area contributed by atoms with Gasteiger partial charge in [0, 0.05) is 37.9 Å². The Morgan fingerprint density at radius 1 is 0.424 bits per heavy atom. The molecule has 0 spiro atoms. The third-order valence-electron chi connectivity index (χ3n) is 6.56. The molecule has 0 radical (unpaired) electrons. The topological polar surface area (TPSA) is 9.86 Å². The lowest BCUT2D eigenvalue weighted by molar-refractivity contribution is 1.17. The normalized spacial score (nSPS) is 11.8. The summed E-state index contributed by atoms with van der Waals surface area (Å²) >= 11 is 6.49. The molecule has 0 bridgehead atoms. The van der Waals surface area contributed by atoms with Crippen LogP contribution in [0.2, 0.25) is 5.02 Å². The molecule has 0 saturated carbocycles. The molecule has 0 fully saturated rings. The van der Waals surface area contributed by atoms with E-state index < -0.39 is 0 Å². The highest BCUT2D eigenvalue weighted by molar-refractivity contribution is 6.33. The lowest BCUT2D eigenvalue weighted by Gasteiger charge is -2.09. The van der Waals surface area contributed by atoms with Crippen molar-refractivity contribution in [2.75, 3.05) is 0 Å². The first-order chi connectivity index (χ1) is 16.3. The van der Waals surface area contributed by atoms with Gasteiger partial charge in [0.2, 0.25) is 0 Å². The first-order valence-electron chi connectivity index (χ1n) is 11.1. The summed E-state index contributed by atoms with van der Waals surface area (Å²) in [6, 6.07) is 40.5. The van der Waals surface area contributed by atoms with Crippen LogP contribution in [0.3, 0.4) is 0 Å². The zero-order chi connectivity index (χ0) is 21.9. The van der Waals surface area contributed by atoms with Crippen molar-refractivity contribution in [2.24, 2.45) is 0 Å². The van der Waals surface area contributed by atoms with Crippen LogP contribution in [0.5, 0.6) is 0 Å². The lowest BCUT2D eigenvalue weighted by Crippen LogP contribution is -1.94.